The zero-order valence-electron chi connectivity index (χ0n) is 18.1. The summed E-state index contributed by atoms with van der Waals surface area (Å²) in [6, 6.07) is 14.3. The molecule has 0 N–H and O–H groups in total. The van der Waals surface area contributed by atoms with E-state index in [9.17, 15) is 17.6 Å². The topological polar surface area (TPSA) is 31.4 Å². The van der Waals surface area contributed by atoms with Crippen molar-refractivity contribution in [2.24, 2.45) is 0 Å². The van der Waals surface area contributed by atoms with Crippen LogP contribution in [0.2, 0.25) is 0 Å². The number of benzene rings is 3. The Morgan fingerprint density at radius 3 is 2.26 bits per heavy atom. The summed E-state index contributed by atoms with van der Waals surface area (Å²) in [5.74, 6) is -4.02. The van der Waals surface area contributed by atoms with E-state index in [4.69, 9.17) is 4.74 Å². The summed E-state index contributed by atoms with van der Waals surface area (Å²) < 4.78 is 76.5. The van der Waals surface area contributed by atoms with E-state index in [0.717, 1.165) is 29.0 Å². The van der Waals surface area contributed by atoms with Crippen molar-refractivity contribution in [1.82, 2.24) is 4.98 Å². The molecule has 0 radical (unpaired) electrons. The van der Waals surface area contributed by atoms with Crippen molar-refractivity contribution in [2.45, 2.75) is 26.1 Å². The van der Waals surface area contributed by atoms with Crippen LogP contribution in [-0.4, -0.2) is 18.7 Å². The Morgan fingerprint density at radius 1 is 0.853 bits per heavy atom. The van der Waals surface area contributed by atoms with Crippen LogP contribution in [0.5, 0.6) is 5.75 Å². The predicted octanol–water partition coefficient (Wildman–Crippen LogP) is 6.85. The Hall–Kier alpha value is -3.52. The van der Waals surface area contributed by atoms with Gasteiger partial charge < -0.3 is 9.47 Å². The van der Waals surface area contributed by atoms with Crippen LogP contribution < -0.4 is 4.74 Å². The van der Waals surface area contributed by atoms with Crippen molar-refractivity contribution in [3.63, 3.8) is 0 Å². The molecular weight excluding hydrogens is 453 g/mol. The molecule has 8 heteroatoms. The molecule has 0 atom stereocenters. The molecule has 0 unspecified atom stereocenters. The molecule has 0 fully saturated rings. The first kappa shape index (κ1) is 23.6. The number of aryl methyl sites for hydroxylation is 2. The lowest BCUT2D eigenvalue weighted by atomic mass is 9.98. The molecule has 34 heavy (non-hydrogen) atoms. The van der Waals surface area contributed by atoms with Crippen LogP contribution >= 0.6 is 0 Å². The van der Waals surface area contributed by atoms with Gasteiger partial charge in [-0.05, 0) is 59.2 Å². The van der Waals surface area contributed by atoms with E-state index in [-0.39, 0.29) is 18.4 Å². The number of ether oxygens (including phenoxy) is 2. The van der Waals surface area contributed by atoms with Crippen LogP contribution in [0.4, 0.5) is 22.0 Å². The van der Waals surface area contributed by atoms with Gasteiger partial charge in [0.1, 0.15) is 5.82 Å². The summed E-state index contributed by atoms with van der Waals surface area (Å²) in [6.45, 7) is -2.88. The number of pyridine rings is 1. The minimum Gasteiger partial charge on any atom is -0.429 e. The third kappa shape index (κ3) is 5.17. The lowest BCUT2D eigenvalue weighted by molar-refractivity contribution is -0.0546. The number of nitrogens with zero attached hydrogens (tertiary/aromatic N) is 1. The fourth-order valence-electron chi connectivity index (χ4n) is 3.77. The summed E-state index contributed by atoms with van der Waals surface area (Å²) >= 11 is 0. The third-order valence-electron chi connectivity index (χ3n) is 5.41. The van der Waals surface area contributed by atoms with Crippen molar-refractivity contribution >= 4 is 10.8 Å². The summed E-state index contributed by atoms with van der Waals surface area (Å²) in [4.78, 5) is 4.43. The average molecular weight is 473 g/mol. The maximum Gasteiger partial charge on any atom is 0.387 e. The molecular formula is C26H20F5NO2. The van der Waals surface area contributed by atoms with Crippen molar-refractivity contribution in [3.8, 4) is 17.0 Å². The molecule has 3 aromatic carbocycles. The second-order valence-electron chi connectivity index (χ2n) is 7.73. The van der Waals surface area contributed by atoms with Crippen LogP contribution in [0.1, 0.15) is 16.7 Å². The summed E-state index contributed by atoms with van der Waals surface area (Å²) in [6.07, 6.45) is 2.01. The van der Waals surface area contributed by atoms with Crippen LogP contribution in [0.3, 0.4) is 0 Å². The molecule has 1 heterocycles. The Kier molecular flexibility index (Phi) is 7.07. The quantitative estimate of drug-likeness (QED) is 0.262. The average Bonchev–Trinajstić information content (AvgIpc) is 2.81. The normalized spacial score (nSPS) is 11.4. The fourth-order valence-corrected chi connectivity index (χ4v) is 3.77. The first-order valence-electron chi connectivity index (χ1n) is 10.4. The molecule has 0 saturated carbocycles. The van der Waals surface area contributed by atoms with Gasteiger partial charge in [-0.15, -0.1) is 0 Å². The highest BCUT2D eigenvalue weighted by atomic mass is 19.3. The highest BCUT2D eigenvalue weighted by Crippen LogP contribution is 2.29. The van der Waals surface area contributed by atoms with Crippen LogP contribution in [0, 0.1) is 17.5 Å². The second-order valence-corrected chi connectivity index (χ2v) is 7.73. The van der Waals surface area contributed by atoms with Gasteiger partial charge in [-0.2, -0.15) is 8.78 Å². The molecule has 4 aromatic rings. The summed E-state index contributed by atoms with van der Waals surface area (Å²) in [5.41, 5.74) is 3.10. The van der Waals surface area contributed by atoms with Crippen molar-refractivity contribution in [3.05, 3.63) is 94.9 Å². The van der Waals surface area contributed by atoms with Gasteiger partial charge in [-0.25, -0.2) is 13.2 Å². The van der Waals surface area contributed by atoms with Gasteiger partial charge in [-0.1, -0.05) is 30.3 Å². The smallest absolute Gasteiger partial charge is 0.387 e. The standard InChI is InChI=1S/C26H20F5NO2/c1-33-14-16-3-9-23(32-13-16)19-7-8-20-18(12-19)6-5-17(24(20)29)4-2-15-10-21(27)25(22(28)11-15)34-26(30)31/h3,5-13,26H,2,4,14H2,1H3. The van der Waals surface area contributed by atoms with Gasteiger partial charge in [0.05, 0.1) is 12.3 Å². The Morgan fingerprint density at radius 2 is 1.62 bits per heavy atom. The lowest BCUT2D eigenvalue weighted by Crippen LogP contribution is -2.06. The number of aromatic nitrogens is 1. The van der Waals surface area contributed by atoms with Crippen molar-refractivity contribution in [2.75, 3.05) is 7.11 Å². The summed E-state index contributed by atoms with van der Waals surface area (Å²) in [5, 5.41) is 1.10. The molecule has 0 aliphatic heterocycles. The van der Waals surface area contributed by atoms with Gasteiger partial charge in [0.15, 0.2) is 17.4 Å². The molecule has 176 valence electrons. The number of alkyl halides is 2. The number of halogens is 5. The highest BCUT2D eigenvalue weighted by molar-refractivity contribution is 5.88. The van der Waals surface area contributed by atoms with E-state index in [1.165, 1.54) is 0 Å². The molecule has 0 saturated heterocycles. The minimum absolute atomic E-state index is 0.112. The van der Waals surface area contributed by atoms with E-state index < -0.39 is 29.8 Å². The Labute approximate surface area is 192 Å². The van der Waals surface area contributed by atoms with E-state index in [2.05, 4.69) is 9.72 Å². The lowest BCUT2D eigenvalue weighted by Gasteiger charge is -2.11. The predicted molar refractivity (Wildman–Crippen MR) is 118 cm³/mol. The van der Waals surface area contributed by atoms with E-state index in [1.807, 2.05) is 18.2 Å². The van der Waals surface area contributed by atoms with E-state index in [1.54, 1.807) is 37.6 Å². The second kappa shape index (κ2) is 10.2. The van der Waals surface area contributed by atoms with Crippen LogP contribution in [0.15, 0.2) is 60.8 Å². The maximum absolute atomic E-state index is 15.1. The van der Waals surface area contributed by atoms with E-state index in [0.29, 0.717) is 22.9 Å². The fraction of sp³-hybridized carbons (Fsp3) is 0.192. The number of hydrogen-bond acceptors (Lipinski definition) is 3. The Bertz CT molecular complexity index is 1290. The monoisotopic (exact) mass is 473 g/mol. The van der Waals surface area contributed by atoms with Gasteiger partial charge in [0.25, 0.3) is 0 Å². The molecule has 0 amide bonds. The van der Waals surface area contributed by atoms with E-state index >= 15 is 4.39 Å². The van der Waals surface area contributed by atoms with Gasteiger partial charge in [-0.3, -0.25) is 4.98 Å². The zero-order valence-corrected chi connectivity index (χ0v) is 18.1. The van der Waals surface area contributed by atoms with Crippen LogP contribution in [0.25, 0.3) is 22.0 Å². The molecule has 3 nitrogen and oxygen atoms in total. The minimum atomic E-state index is -3.34. The largest absolute Gasteiger partial charge is 0.429 e. The molecule has 1 aromatic heterocycles. The number of rotatable bonds is 8. The van der Waals surface area contributed by atoms with Crippen molar-refractivity contribution < 1.29 is 31.4 Å². The zero-order chi connectivity index (χ0) is 24.2. The molecule has 0 aliphatic carbocycles. The molecule has 0 spiro atoms. The van der Waals surface area contributed by atoms with Crippen LogP contribution in [-0.2, 0) is 24.2 Å². The van der Waals surface area contributed by atoms with Crippen molar-refractivity contribution in [1.29, 1.82) is 0 Å². The number of methoxy groups -OCH3 is 1. The summed E-state index contributed by atoms with van der Waals surface area (Å²) in [7, 11) is 1.61. The van der Waals surface area contributed by atoms with Gasteiger partial charge in [0, 0.05) is 24.3 Å². The Balaban J connectivity index is 1.53. The molecule has 0 aliphatic rings. The first-order valence-corrected chi connectivity index (χ1v) is 10.4. The SMILES string of the molecule is COCc1ccc(-c2ccc3c(F)c(CCc4cc(F)c(OC(F)F)c(F)c4)ccc3c2)nc1. The number of fused-ring (bicyclic) bond motifs is 1. The molecule has 4 rings (SSSR count). The van der Waals surface area contributed by atoms with Gasteiger partial charge >= 0.3 is 6.61 Å². The maximum atomic E-state index is 15.1. The first-order chi connectivity index (χ1) is 16.4. The molecule has 0 bridgehead atoms. The van der Waals surface area contributed by atoms with Gasteiger partial charge in [0.2, 0.25) is 0 Å². The third-order valence-corrected chi connectivity index (χ3v) is 5.41. The highest BCUT2D eigenvalue weighted by Gasteiger charge is 2.17. The number of hydrogen-bond donors (Lipinski definition) is 0.